The highest BCUT2D eigenvalue weighted by molar-refractivity contribution is 5.97. The van der Waals surface area contributed by atoms with Crippen molar-refractivity contribution in [3.63, 3.8) is 0 Å². The third-order valence-electron chi connectivity index (χ3n) is 3.59. The largest absolute Gasteiger partial charge is 0.465 e. The summed E-state index contributed by atoms with van der Waals surface area (Å²) >= 11 is 0. The van der Waals surface area contributed by atoms with E-state index in [0.29, 0.717) is 6.54 Å². The number of ether oxygens (including phenoxy) is 2. The van der Waals surface area contributed by atoms with Crippen LogP contribution in [-0.4, -0.2) is 47.6 Å². The molecule has 148 valence electrons. The van der Waals surface area contributed by atoms with Gasteiger partial charge in [0.15, 0.2) is 0 Å². The monoisotopic (exact) mass is 389 g/mol. The van der Waals surface area contributed by atoms with Crippen LogP contribution in [0.15, 0.2) is 24.5 Å². The summed E-state index contributed by atoms with van der Waals surface area (Å²) in [6, 6.07) is 4.05. The highest BCUT2D eigenvalue weighted by Gasteiger charge is 2.23. The molecule has 0 aliphatic carbocycles. The van der Waals surface area contributed by atoms with Crippen molar-refractivity contribution in [1.82, 2.24) is 9.97 Å². The van der Waals surface area contributed by atoms with Crippen LogP contribution < -0.4 is 10.6 Å². The topological polar surface area (TPSA) is 146 Å². The predicted molar refractivity (Wildman–Crippen MR) is 99.9 cm³/mol. The second kappa shape index (κ2) is 9.26. The minimum absolute atomic E-state index is 0.0571. The van der Waals surface area contributed by atoms with Gasteiger partial charge in [0, 0.05) is 12.2 Å². The molecule has 0 amide bonds. The van der Waals surface area contributed by atoms with E-state index in [1.165, 1.54) is 38.7 Å². The van der Waals surface area contributed by atoms with E-state index >= 15 is 0 Å². The van der Waals surface area contributed by atoms with Gasteiger partial charge in [0.2, 0.25) is 11.6 Å². The lowest BCUT2D eigenvalue weighted by Gasteiger charge is -2.11. The molecule has 2 rings (SSSR count). The molecule has 0 spiro atoms. The van der Waals surface area contributed by atoms with Crippen LogP contribution in [0.2, 0.25) is 0 Å². The fraction of sp³-hybridized carbons (Fsp3) is 0.294. The SMILES string of the molecule is CCCNc1ncnc(Nc2cc(C(=O)OC)cc(C(=O)OC)c2)c1[N+](=O)[O-]. The maximum absolute atomic E-state index is 11.9. The van der Waals surface area contributed by atoms with Crippen molar-refractivity contribution in [2.75, 3.05) is 31.4 Å². The zero-order chi connectivity index (χ0) is 20.7. The molecule has 28 heavy (non-hydrogen) atoms. The van der Waals surface area contributed by atoms with Gasteiger partial charge in [-0.1, -0.05) is 6.92 Å². The summed E-state index contributed by atoms with van der Waals surface area (Å²) in [5.74, 6) is -1.41. The van der Waals surface area contributed by atoms with Crippen molar-refractivity contribution in [3.8, 4) is 0 Å². The molecule has 11 nitrogen and oxygen atoms in total. The summed E-state index contributed by atoms with van der Waals surface area (Å²) in [5, 5.41) is 17.2. The number of methoxy groups -OCH3 is 2. The van der Waals surface area contributed by atoms with Crippen LogP contribution >= 0.6 is 0 Å². The molecule has 0 saturated carbocycles. The first kappa shape index (κ1) is 20.6. The van der Waals surface area contributed by atoms with Gasteiger partial charge in [0.1, 0.15) is 6.33 Å². The fourth-order valence-corrected chi connectivity index (χ4v) is 2.32. The highest BCUT2D eigenvalue weighted by atomic mass is 16.6. The van der Waals surface area contributed by atoms with Crippen LogP contribution in [0.3, 0.4) is 0 Å². The summed E-state index contributed by atoms with van der Waals surface area (Å²) in [7, 11) is 2.39. The summed E-state index contributed by atoms with van der Waals surface area (Å²) < 4.78 is 9.35. The van der Waals surface area contributed by atoms with Gasteiger partial charge in [-0.3, -0.25) is 10.1 Å². The maximum Gasteiger partial charge on any atom is 0.353 e. The number of carbonyl (C=O) groups excluding carboxylic acids is 2. The van der Waals surface area contributed by atoms with Gasteiger partial charge in [0.25, 0.3) is 0 Å². The Balaban J connectivity index is 2.51. The van der Waals surface area contributed by atoms with Gasteiger partial charge in [-0.2, -0.15) is 0 Å². The van der Waals surface area contributed by atoms with Crippen molar-refractivity contribution in [2.24, 2.45) is 0 Å². The molecule has 2 N–H and O–H groups in total. The van der Waals surface area contributed by atoms with E-state index in [1.54, 1.807) is 0 Å². The normalized spacial score (nSPS) is 10.1. The molecule has 0 atom stereocenters. The smallest absolute Gasteiger partial charge is 0.353 e. The number of carbonyl (C=O) groups is 2. The average Bonchev–Trinajstić information content (AvgIpc) is 2.70. The van der Waals surface area contributed by atoms with Crippen LogP contribution in [0.1, 0.15) is 34.1 Å². The number of nitrogens with one attached hydrogen (secondary N) is 2. The Morgan fingerprint density at radius 3 is 2.14 bits per heavy atom. The van der Waals surface area contributed by atoms with Crippen LogP contribution in [0, 0.1) is 10.1 Å². The maximum atomic E-state index is 11.9. The number of rotatable bonds is 8. The van der Waals surface area contributed by atoms with Gasteiger partial charge < -0.3 is 20.1 Å². The van der Waals surface area contributed by atoms with Crippen LogP contribution in [-0.2, 0) is 9.47 Å². The molecule has 1 aromatic carbocycles. The van der Waals surface area contributed by atoms with Gasteiger partial charge >= 0.3 is 17.6 Å². The first-order valence-corrected chi connectivity index (χ1v) is 8.23. The van der Waals surface area contributed by atoms with Gasteiger partial charge in [-0.05, 0) is 24.6 Å². The molecule has 0 fully saturated rings. The van der Waals surface area contributed by atoms with Gasteiger partial charge in [0.05, 0.1) is 30.3 Å². The lowest BCUT2D eigenvalue weighted by Crippen LogP contribution is -2.10. The zero-order valence-corrected chi connectivity index (χ0v) is 15.5. The first-order chi connectivity index (χ1) is 13.4. The Kier molecular flexibility index (Phi) is 6.79. The molecule has 2 aromatic rings. The van der Waals surface area contributed by atoms with Gasteiger partial charge in [-0.25, -0.2) is 19.6 Å². The molecular weight excluding hydrogens is 370 g/mol. The van der Waals surface area contributed by atoms with Crippen molar-refractivity contribution < 1.29 is 24.0 Å². The van der Waals surface area contributed by atoms with E-state index in [9.17, 15) is 19.7 Å². The Morgan fingerprint density at radius 1 is 1.07 bits per heavy atom. The lowest BCUT2D eigenvalue weighted by molar-refractivity contribution is -0.383. The fourth-order valence-electron chi connectivity index (χ4n) is 2.32. The Bertz CT molecular complexity index is 867. The molecule has 0 aliphatic rings. The molecule has 0 saturated heterocycles. The molecule has 1 heterocycles. The summed E-state index contributed by atoms with van der Waals surface area (Å²) in [4.78, 5) is 42.5. The standard InChI is InChI=1S/C17H19N5O6/c1-4-5-18-14-13(22(25)26)15(20-9-19-14)21-12-7-10(16(23)27-2)6-11(8-12)17(24)28-3/h6-9H,4-5H2,1-3H3,(H2,18,19,20,21). The molecular formula is C17H19N5O6. The second-order valence-electron chi connectivity index (χ2n) is 5.51. The number of nitrogens with zero attached hydrogens (tertiary/aromatic N) is 3. The minimum atomic E-state index is -0.684. The molecule has 1 aromatic heterocycles. The number of hydrogen-bond acceptors (Lipinski definition) is 10. The predicted octanol–water partition coefficient (Wildman–Crippen LogP) is 2.52. The van der Waals surface area contributed by atoms with Crippen LogP contribution in [0.4, 0.5) is 23.0 Å². The molecule has 0 aliphatic heterocycles. The minimum Gasteiger partial charge on any atom is -0.465 e. The van der Waals surface area contributed by atoms with Crippen molar-refractivity contribution in [1.29, 1.82) is 0 Å². The first-order valence-electron chi connectivity index (χ1n) is 8.23. The van der Waals surface area contributed by atoms with E-state index < -0.39 is 16.9 Å². The van der Waals surface area contributed by atoms with Crippen molar-refractivity contribution in [2.45, 2.75) is 13.3 Å². The van der Waals surface area contributed by atoms with Crippen LogP contribution in [0.25, 0.3) is 0 Å². The van der Waals surface area contributed by atoms with E-state index in [1.807, 2.05) is 6.92 Å². The Hall–Kier alpha value is -3.76. The number of aromatic nitrogens is 2. The molecule has 0 bridgehead atoms. The lowest BCUT2D eigenvalue weighted by atomic mass is 10.1. The van der Waals surface area contributed by atoms with Crippen molar-refractivity contribution >= 4 is 34.9 Å². The molecule has 11 heteroatoms. The zero-order valence-electron chi connectivity index (χ0n) is 15.5. The molecule has 0 radical (unpaired) electrons. The third kappa shape index (κ3) is 4.69. The average molecular weight is 389 g/mol. The van der Waals surface area contributed by atoms with Gasteiger partial charge in [-0.15, -0.1) is 0 Å². The van der Waals surface area contributed by atoms with E-state index in [4.69, 9.17) is 0 Å². The van der Waals surface area contributed by atoms with E-state index in [2.05, 4.69) is 30.1 Å². The number of esters is 2. The summed E-state index contributed by atoms with van der Waals surface area (Å²) in [6.45, 7) is 2.40. The second-order valence-corrected chi connectivity index (χ2v) is 5.51. The van der Waals surface area contributed by atoms with E-state index in [-0.39, 0.29) is 34.1 Å². The number of benzene rings is 1. The van der Waals surface area contributed by atoms with Crippen LogP contribution in [0.5, 0.6) is 0 Å². The summed E-state index contributed by atoms with van der Waals surface area (Å²) in [5.41, 5.74) is -0.0199. The molecule has 0 unspecified atom stereocenters. The van der Waals surface area contributed by atoms with Crippen molar-refractivity contribution in [3.05, 3.63) is 45.8 Å². The Labute approximate surface area is 160 Å². The highest BCUT2D eigenvalue weighted by Crippen LogP contribution is 2.31. The quantitative estimate of drug-likeness (QED) is 0.392. The Morgan fingerprint density at radius 2 is 1.64 bits per heavy atom. The number of anilines is 3. The summed E-state index contributed by atoms with van der Waals surface area (Å²) in [6.07, 6.45) is 1.91. The third-order valence-corrected chi connectivity index (χ3v) is 3.59. The number of nitro groups is 1. The number of hydrogen-bond donors (Lipinski definition) is 2. The van der Waals surface area contributed by atoms with E-state index in [0.717, 1.165) is 6.42 Å².